The predicted octanol–water partition coefficient (Wildman–Crippen LogP) is 1.18. The largest absolute Gasteiger partial charge is 0.367 e. The minimum atomic E-state index is 0.555. The molecule has 1 unspecified atom stereocenters. The Balaban J connectivity index is 2.36. The number of nitrogens with two attached hydrogens (primary N) is 1. The normalized spacial score (nSPS) is 13.5. The molecule has 0 aliphatic carbocycles. The van der Waals surface area contributed by atoms with E-state index in [1.807, 2.05) is 12.4 Å². The second kappa shape index (κ2) is 5.04. The molecule has 1 aromatic rings. The zero-order valence-electron chi connectivity index (χ0n) is 8.46. The summed E-state index contributed by atoms with van der Waals surface area (Å²) in [4.78, 5) is 5.37. The first-order valence-corrected chi connectivity index (χ1v) is 4.76. The predicted molar refractivity (Wildman–Crippen MR) is 55.4 cm³/mol. The highest BCUT2D eigenvalue weighted by atomic mass is 15.1. The maximum Gasteiger partial charge on any atom is 0.0248 e. The molecule has 0 spiro atoms. The van der Waals surface area contributed by atoms with E-state index in [1.165, 1.54) is 5.56 Å². The minimum absolute atomic E-state index is 0.555. The topological polar surface area (TPSA) is 45.0 Å². The van der Waals surface area contributed by atoms with Crippen LogP contribution in [0, 0.1) is 0 Å². The third-order valence-corrected chi connectivity index (χ3v) is 2.43. The first-order valence-electron chi connectivity index (χ1n) is 4.76. The number of nitrogens with zero attached hydrogens (tertiary/aromatic N) is 1. The molecular weight excluding hydrogens is 162 g/mol. The molecule has 3 nitrogen and oxygen atoms in total. The zero-order valence-corrected chi connectivity index (χ0v) is 8.46. The number of H-pyrrole nitrogens is 1. The van der Waals surface area contributed by atoms with Crippen molar-refractivity contribution in [1.29, 1.82) is 0 Å². The Morgan fingerprint density at radius 2 is 2.38 bits per heavy atom. The van der Waals surface area contributed by atoms with Crippen LogP contribution in [0.15, 0.2) is 18.5 Å². The number of aromatic amines is 1. The highest BCUT2D eigenvalue weighted by molar-refractivity contribution is 5.07. The lowest BCUT2D eigenvalue weighted by Gasteiger charge is -2.23. The van der Waals surface area contributed by atoms with Crippen molar-refractivity contribution in [3.8, 4) is 0 Å². The Hall–Kier alpha value is -0.800. The van der Waals surface area contributed by atoms with Crippen molar-refractivity contribution in [2.24, 2.45) is 5.73 Å². The smallest absolute Gasteiger partial charge is 0.0248 e. The average molecular weight is 181 g/mol. The van der Waals surface area contributed by atoms with Crippen LogP contribution in [0.4, 0.5) is 0 Å². The fourth-order valence-corrected chi connectivity index (χ4v) is 1.36. The first-order chi connectivity index (χ1) is 6.24. The molecule has 1 atom stereocenters. The van der Waals surface area contributed by atoms with Gasteiger partial charge >= 0.3 is 0 Å². The van der Waals surface area contributed by atoms with Crippen LogP contribution in [-0.4, -0.2) is 29.5 Å². The molecule has 0 amide bonds. The molecule has 0 fully saturated rings. The van der Waals surface area contributed by atoms with Gasteiger partial charge in [-0.1, -0.05) is 0 Å². The number of hydrogen-bond acceptors (Lipinski definition) is 2. The van der Waals surface area contributed by atoms with Crippen LogP contribution in [0.5, 0.6) is 0 Å². The van der Waals surface area contributed by atoms with E-state index in [-0.39, 0.29) is 0 Å². The van der Waals surface area contributed by atoms with E-state index >= 15 is 0 Å². The van der Waals surface area contributed by atoms with Crippen LogP contribution in [0.3, 0.4) is 0 Å². The monoisotopic (exact) mass is 181 g/mol. The van der Waals surface area contributed by atoms with Gasteiger partial charge in [-0.2, -0.15) is 0 Å². The van der Waals surface area contributed by atoms with Crippen molar-refractivity contribution in [3.63, 3.8) is 0 Å². The molecule has 1 rings (SSSR count). The molecule has 3 N–H and O–H groups in total. The molecule has 74 valence electrons. The van der Waals surface area contributed by atoms with Gasteiger partial charge in [0.25, 0.3) is 0 Å². The van der Waals surface area contributed by atoms with Crippen LogP contribution < -0.4 is 5.73 Å². The van der Waals surface area contributed by atoms with Gasteiger partial charge in [-0.25, -0.2) is 0 Å². The molecule has 0 saturated heterocycles. The highest BCUT2D eigenvalue weighted by Gasteiger charge is 2.08. The summed E-state index contributed by atoms with van der Waals surface area (Å²) in [6.45, 7) is 3.96. The maximum atomic E-state index is 5.51. The van der Waals surface area contributed by atoms with Crippen molar-refractivity contribution >= 4 is 0 Å². The van der Waals surface area contributed by atoms with Gasteiger partial charge in [0, 0.05) is 25.0 Å². The molecular formula is C10H19N3. The Labute approximate surface area is 79.9 Å². The van der Waals surface area contributed by atoms with Gasteiger partial charge in [0.2, 0.25) is 0 Å². The Morgan fingerprint density at radius 1 is 1.62 bits per heavy atom. The van der Waals surface area contributed by atoms with Gasteiger partial charge in [-0.3, -0.25) is 4.90 Å². The van der Waals surface area contributed by atoms with E-state index in [4.69, 9.17) is 5.73 Å². The summed E-state index contributed by atoms with van der Waals surface area (Å²) >= 11 is 0. The summed E-state index contributed by atoms with van der Waals surface area (Å²) < 4.78 is 0. The molecule has 0 radical (unpaired) electrons. The molecule has 0 bridgehead atoms. The number of rotatable bonds is 5. The maximum absolute atomic E-state index is 5.51. The third-order valence-electron chi connectivity index (χ3n) is 2.43. The van der Waals surface area contributed by atoms with Crippen molar-refractivity contribution in [3.05, 3.63) is 24.0 Å². The van der Waals surface area contributed by atoms with Gasteiger partial charge in [0.15, 0.2) is 0 Å². The summed E-state index contributed by atoms with van der Waals surface area (Å²) in [5, 5.41) is 0. The summed E-state index contributed by atoms with van der Waals surface area (Å²) in [7, 11) is 2.13. The van der Waals surface area contributed by atoms with Gasteiger partial charge < -0.3 is 10.7 Å². The lowest BCUT2D eigenvalue weighted by atomic mass is 10.2. The molecule has 13 heavy (non-hydrogen) atoms. The lowest BCUT2D eigenvalue weighted by Crippen LogP contribution is -2.30. The van der Waals surface area contributed by atoms with E-state index in [2.05, 4.69) is 29.9 Å². The highest BCUT2D eigenvalue weighted by Crippen LogP contribution is 2.06. The number of aromatic nitrogens is 1. The fraction of sp³-hybridized carbons (Fsp3) is 0.600. The lowest BCUT2D eigenvalue weighted by molar-refractivity contribution is 0.240. The standard InChI is InChI=1S/C10H19N3/c1-9(3-5-11)13(2)8-10-4-6-12-7-10/h4,6-7,9,12H,3,5,8,11H2,1-2H3. The van der Waals surface area contributed by atoms with E-state index in [9.17, 15) is 0 Å². The van der Waals surface area contributed by atoms with Crippen molar-refractivity contribution in [2.45, 2.75) is 25.9 Å². The van der Waals surface area contributed by atoms with Gasteiger partial charge in [0.1, 0.15) is 0 Å². The average Bonchev–Trinajstić information content (AvgIpc) is 2.57. The van der Waals surface area contributed by atoms with Crippen LogP contribution in [0.2, 0.25) is 0 Å². The first kappa shape index (κ1) is 10.3. The van der Waals surface area contributed by atoms with E-state index < -0.39 is 0 Å². The van der Waals surface area contributed by atoms with Crippen molar-refractivity contribution < 1.29 is 0 Å². The van der Waals surface area contributed by atoms with E-state index in [0.29, 0.717) is 6.04 Å². The zero-order chi connectivity index (χ0) is 9.68. The number of hydrogen-bond donors (Lipinski definition) is 2. The molecule has 1 heterocycles. The SMILES string of the molecule is CC(CCN)N(C)Cc1cc[nH]c1. The second-order valence-electron chi connectivity index (χ2n) is 3.56. The minimum Gasteiger partial charge on any atom is -0.367 e. The van der Waals surface area contributed by atoms with Crippen LogP contribution in [0.1, 0.15) is 18.9 Å². The van der Waals surface area contributed by atoms with Crippen molar-refractivity contribution in [1.82, 2.24) is 9.88 Å². The van der Waals surface area contributed by atoms with Crippen molar-refractivity contribution in [2.75, 3.05) is 13.6 Å². The summed E-state index contributed by atoms with van der Waals surface area (Å²) in [5.41, 5.74) is 6.83. The third kappa shape index (κ3) is 3.20. The van der Waals surface area contributed by atoms with Crippen LogP contribution in [-0.2, 0) is 6.54 Å². The molecule has 0 saturated carbocycles. The summed E-state index contributed by atoms with van der Waals surface area (Å²) in [6, 6.07) is 2.66. The van der Waals surface area contributed by atoms with Crippen LogP contribution in [0.25, 0.3) is 0 Å². The number of nitrogens with one attached hydrogen (secondary N) is 1. The quantitative estimate of drug-likeness (QED) is 0.716. The summed E-state index contributed by atoms with van der Waals surface area (Å²) in [5.74, 6) is 0. The Morgan fingerprint density at radius 3 is 2.92 bits per heavy atom. The molecule has 0 aliphatic heterocycles. The Bertz CT molecular complexity index is 218. The van der Waals surface area contributed by atoms with Gasteiger partial charge in [-0.05, 0) is 38.6 Å². The molecule has 3 heteroatoms. The molecule has 0 aliphatic rings. The van der Waals surface area contributed by atoms with Crippen LogP contribution >= 0.6 is 0 Å². The summed E-state index contributed by atoms with van der Waals surface area (Å²) in [6.07, 6.45) is 5.05. The molecule has 1 aromatic heterocycles. The molecule has 0 aromatic carbocycles. The van der Waals surface area contributed by atoms with Gasteiger partial charge in [-0.15, -0.1) is 0 Å². The Kier molecular flexibility index (Phi) is 3.99. The van der Waals surface area contributed by atoms with E-state index in [0.717, 1.165) is 19.5 Å². The fourth-order valence-electron chi connectivity index (χ4n) is 1.36. The van der Waals surface area contributed by atoms with E-state index in [1.54, 1.807) is 0 Å². The van der Waals surface area contributed by atoms with Gasteiger partial charge in [0.05, 0.1) is 0 Å². The second-order valence-corrected chi connectivity index (χ2v) is 3.56.